The number of aryl methyl sites for hydroxylation is 2. The third-order valence-corrected chi connectivity index (χ3v) is 5.84. The number of ether oxygens (including phenoxy) is 1. The molecule has 0 aliphatic rings. The lowest BCUT2D eigenvalue weighted by Crippen LogP contribution is -2.30. The van der Waals surface area contributed by atoms with Crippen LogP contribution in [0.3, 0.4) is 0 Å². The number of H-pyrrole nitrogens is 1. The van der Waals surface area contributed by atoms with Crippen molar-refractivity contribution >= 4 is 16.7 Å². The van der Waals surface area contributed by atoms with E-state index in [-0.39, 0.29) is 11.9 Å². The molecule has 0 radical (unpaired) electrons. The Balaban J connectivity index is 1.51. The van der Waals surface area contributed by atoms with E-state index < -0.39 is 0 Å². The summed E-state index contributed by atoms with van der Waals surface area (Å²) in [6.07, 6.45) is 4.10. The highest BCUT2D eigenvalue weighted by molar-refractivity contribution is 5.89. The van der Waals surface area contributed by atoms with E-state index in [0.717, 1.165) is 44.7 Å². The zero-order valence-electron chi connectivity index (χ0n) is 19.1. The molecule has 0 fully saturated rings. The number of nitrogens with zero attached hydrogens (tertiary/aromatic N) is 3. The number of nitrogens with one attached hydrogen (secondary N) is 1. The van der Waals surface area contributed by atoms with E-state index in [1.54, 1.807) is 12.5 Å². The average Bonchev–Trinajstić information content (AvgIpc) is 3.43. The van der Waals surface area contributed by atoms with Crippen LogP contribution in [0.25, 0.3) is 33.4 Å². The molecule has 34 heavy (non-hydrogen) atoms. The molecule has 8 heteroatoms. The van der Waals surface area contributed by atoms with Gasteiger partial charge in [-0.3, -0.25) is 10.1 Å². The number of rotatable bonds is 7. The molecule has 0 amide bonds. The van der Waals surface area contributed by atoms with E-state index in [1.807, 2.05) is 50.2 Å². The second kappa shape index (κ2) is 8.99. The fourth-order valence-electron chi connectivity index (χ4n) is 4.02. The molecular weight excluding hydrogens is 428 g/mol. The van der Waals surface area contributed by atoms with E-state index in [9.17, 15) is 0 Å². The number of anilines is 1. The fraction of sp³-hybridized carbons (Fsp3) is 0.192. The highest BCUT2D eigenvalue weighted by Gasteiger charge is 2.19. The lowest BCUT2D eigenvalue weighted by Gasteiger charge is -2.17. The zero-order valence-corrected chi connectivity index (χ0v) is 19.1. The van der Waals surface area contributed by atoms with Gasteiger partial charge < -0.3 is 20.6 Å². The summed E-state index contributed by atoms with van der Waals surface area (Å²) in [5.74, 6) is 1.49. The van der Waals surface area contributed by atoms with Crippen molar-refractivity contribution in [3.63, 3.8) is 0 Å². The van der Waals surface area contributed by atoms with Crippen LogP contribution in [0.5, 0.6) is 5.75 Å². The first-order valence-corrected chi connectivity index (χ1v) is 11.1. The smallest absolute Gasteiger partial charge is 0.166 e. The number of nitrogens with two attached hydrogens (primary N) is 2. The highest BCUT2D eigenvalue weighted by atomic mass is 16.5. The molecule has 4 heterocycles. The van der Waals surface area contributed by atoms with Crippen molar-refractivity contribution in [1.82, 2.24) is 20.2 Å². The van der Waals surface area contributed by atoms with Crippen LogP contribution in [-0.2, 0) is 6.42 Å². The predicted octanol–water partition coefficient (Wildman–Crippen LogP) is 4.43. The maximum absolute atomic E-state index is 6.33. The van der Waals surface area contributed by atoms with Crippen molar-refractivity contribution in [3.05, 3.63) is 78.0 Å². The summed E-state index contributed by atoms with van der Waals surface area (Å²) in [6.45, 7) is 4.14. The molecule has 5 N–H and O–H groups in total. The minimum Gasteiger partial charge on any atom is -0.488 e. The topological polar surface area (TPSA) is 129 Å². The van der Waals surface area contributed by atoms with Gasteiger partial charge in [-0.05, 0) is 44.0 Å². The van der Waals surface area contributed by atoms with E-state index in [0.29, 0.717) is 24.5 Å². The van der Waals surface area contributed by atoms with Gasteiger partial charge in [-0.15, -0.1) is 0 Å². The van der Waals surface area contributed by atoms with Gasteiger partial charge in [0.15, 0.2) is 11.6 Å². The molecule has 1 atom stereocenters. The Hall–Kier alpha value is -4.17. The molecule has 0 unspecified atom stereocenters. The van der Waals surface area contributed by atoms with Crippen molar-refractivity contribution in [2.75, 3.05) is 12.3 Å². The summed E-state index contributed by atoms with van der Waals surface area (Å²) < 4.78 is 11.6. The SMILES string of the molecule is Cc1occc1-c1nc(N)c(OC[C@H](N)Cc2ccccc2)cc1-c1cc2c(C)n[nH]c2cn1. The van der Waals surface area contributed by atoms with Gasteiger partial charge in [-0.2, -0.15) is 5.10 Å². The van der Waals surface area contributed by atoms with Crippen LogP contribution in [0.4, 0.5) is 5.82 Å². The fourth-order valence-corrected chi connectivity index (χ4v) is 4.02. The molecule has 4 aromatic heterocycles. The maximum atomic E-state index is 6.33. The number of aromatic amines is 1. The Labute approximate surface area is 197 Å². The van der Waals surface area contributed by atoms with Gasteiger partial charge in [0.05, 0.1) is 35.1 Å². The second-order valence-electron chi connectivity index (χ2n) is 8.34. The van der Waals surface area contributed by atoms with Crippen LogP contribution in [0.1, 0.15) is 17.0 Å². The number of nitrogen functional groups attached to an aromatic ring is 1. The summed E-state index contributed by atoms with van der Waals surface area (Å²) in [4.78, 5) is 9.34. The standard InChI is InChI=1S/C26H26N6O2/c1-15-20-11-22(29-13-23(20)32-31-15)21-12-24(26(28)30-25(21)19-8-9-33-16(19)2)34-14-18(27)10-17-6-4-3-5-7-17/h3-9,11-13,18H,10,14,27H2,1-2H3,(H2,28,30)(H,31,32)/t18-/m1/s1. The van der Waals surface area contributed by atoms with Crippen LogP contribution in [0, 0.1) is 13.8 Å². The van der Waals surface area contributed by atoms with Gasteiger partial charge in [0, 0.05) is 22.6 Å². The maximum Gasteiger partial charge on any atom is 0.166 e. The highest BCUT2D eigenvalue weighted by Crippen LogP contribution is 2.37. The van der Waals surface area contributed by atoms with Gasteiger partial charge >= 0.3 is 0 Å². The van der Waals surface area contributed by atoms with Crippen molar-refractivity contribution in [3.8, 4) is 28.3 Å². The van der Waals surface area contributed by atoms with Gasteiger partial charge in [0.2, 0.25) is 0 Å². The summed E-state index contributed by atoms with van der Waals surface area (Å²) in [5.41, 5.74) is 18.6. The van der Waals surface area contributed by atoms with Crippen molar-refractivity contribution < 1.29 is 9.15 Å². The summed E-state index contributed by atoms with van der Waals surface area (Å²) in [5, 5.41) is 8.26. The molecule has 0 bridgehead atoms. The molecular formula is C26H26N6O2. The largest absolute Gasteiger partial charge is 0.488 e. The number of pyridine rings is 2. The van der Waals surface area contributed by atoms with Crippen LogP contribution < -0.4 is 16.2 Å². The van der Waals surface area contributed by atoms with Crippen molar-refractivity contribution in [1.29, 1.82) is 0 Å². The van der Waals surface area contributed by atoms with Gasteiger partial charge in [-0.1, -0.05) is 30.3 Å². The molecule has 1 aromatic carbocycles. The predicted molar refractivity (Wildman–Crippen MR) is 132 cm³/mol. The number of hydrogen-bond donors (Lipinski definition) is 3. The molecule has 5 aromatic rings. The van der Waals surface area contributed by atoms with Crippen molar-refractivity contribution in [2.24, 2.45) is 5.73 Å². The van der Waals surface area contributed by atoms with Crippen LogP contribution in [0.2, 0.25) is 0 Å². The van der Waals surface area contributed by atoms with Crippen LogP contribution in [-0.4, -0.2) is 32.8 Å². The van der Waals surface area contributed by atoms with Gasteiger partial charge in [0.1, 0.15) is 12.4 Å². The van der Waals surface area contributed by atoms with Crippen LogP contribution >= 0.6 is 0 Å². The lowest BCUT2D eigenvalue weighted by molar-refractivity contribution is 0.288. The molecule has 8 nitrogen and oxygen atoms in total. The number of furan rings is 1. The molecule has 0 saturated heterocycles. The Kier molecular flexibility index (Phi) is 5.73. The van der Waals surface area contributed by atoms with E-state index in [1.165, 1.54) is 0 Å². The van der Waals surface area contributed by atoms with E-state index in [2.05, 4.69) is 27.3 Å². The molecule has 0 saturated carbocycles. The quantitative estimate of drug-likeness (QED) is 0.332. The Morgan fingerprint density at radius 3 is 2.68 bits per heavy atom. The summed E-state index contributed by atoms with van der Waals surface area (Å²) >= 11 is 0. The first-order chi connectivity index (χ1) is 16.5. The monoisotopic (exact) mass is 454 g/mol. The molecule has 0 aliphatic carbocycles. The number of fused-ring (bicyclic) bond motifs is 1. The van der Waals surface area contributed by atoms with Crippen LogP contribution in [0.15, 0.2) is 65.4 Å². The van der Waals surface area contributed by atoms with E-state index >= 15 is 0 Å². The minimum atomic E-state index is -0.191. The normalized spacial score (nSPS) is 12.2. The zero-order chi connectivity index (χ0) is 23.7. The summed E-state index contributed by atoms with van der Waals surface area (Å²) in [6, 6.07) is 15.6. The molecule has 172 valence electrons. The first kappa shape index (κ1) is 21.7. The second-order valence-corrected chi connectivity index (χ2v) is 8.34. The summed E-state index contributed by atoms with van der Waals surface area (Å²) in [7, 11) is 0. The molecule has 0 aliphatic heterocycles. The van der Waals surface area contributed by atoms with Crippen molar-refractivity contribution in [2.45, 2.75) is 26.3 Å². The van der Waals surface area contributed by atoms with E-state index in [4.69, 9.17) is 25.6 Å². The Bertz CT molecular complexity index is 1440. The lowest BCUT2D eigenvalue weighted by atomic mass is 10.0. The minimum absolute atomic E-state index is 0.191. The first-order valence-electron chi connectivity index (χ1n) is 11.1. The third kappa shape index (κ3) is 4.23. The van der Waals surface area contributed by atoms with Gasteiger partial charge in [-0.25, -0.2) is 4.98 Å². The number of benzene rings is 1. The average molecular weight is 455 g/mol. The number of hydrogen-bond acceptors (Lipinski definition) is 7. The number of aromatic nitrogens is 4. The van der Waals surface area contributed by atoms with Gasteiger partial charge in [0.25, 0.3) is 0 Å². The molecule has 5 rings (SSSR count). The molecule has 0 spiro atoms. The third-order valence-electron chi connectivity index (χ3n) is 5.84. The Morgan fingerprint density at radius 2 is 1.91 bits per heavy atom. The Morgan fingerprint density at radius 1 is 1.09 bits per heavy atom.